The fourth-order valence-electron chi connectivity index (χ4n) is 3.69. The lowest BCUT2D eigenvalue weighted by molar-refractivity contribution is -0.175. The number of hydrogen-bond acceptors (Lipinski definition) is 9. The second-order valence-corrected chi connectivity index (χ2v) is 6.80. The Hall–Kier alpha value is -2.79. The maximum atomic E-state index is 12.8. The van der Waals surface area contributed by atoms with Gasteiger partial charge in [-0.3, -0.25) is 14.4 Å². The van der Waals surface area contributed by atoms with Crippen LogP contribution in [0.3, 0.4) is 0 Å². The van der Waals surface area contributed by atoms with E-state index in [2.05, 4.69) is 0 Å². The van der Waals surface area contributed by atoms with E-state index in [0.29, 0.717) is 0 Å². The number of rotatable bonds is 6. The predicted molar refractivity (Wildman–Crippen MR) is 90.8 cm³/mol. The summed E-state index contributed by atoms with van der Waals surface area (Å²) >= 11 is 0. The largest absolute Gasteiger partial charge is 0.466 e. The van der Waals surface area contributed by atoms with Gasteiger partial charge in [0.15, 0.2) is 5.60 Å². The smallest absolute Gasteiger partial charge is 0.258 e. The van der Waals surface area contributed by atoms with E-state index in [0.717, 1.165) is 0 Å². The monoisotopic (exact) mass is 392 g/mol. The summed E-state index contributed by atoms with van der Waals surface area (Å²) in [6.07, 6.45) is -0.771. The summed E-state index contributed by atoms with van der Waals surface area (Å²) in [5, 5.41) is 31.7. The van der Waals surface area contributed by atoms with Crippen LogP contribution in [0.2, 0.25) is 0 Å². The van der Waals surface area contributed by atoms with Crippen LogP contribution in [0.25, 0.3) is 0 Å². The van der Waals surface area contributed by atoms with E-state index in [1.54, 1.807) is 0 Å². The van der Waals surface area contributed by atoms with E-state index in [-0.39, 0.29) is 11.5 Å². The van der Waals surface area contributed by atoms with Crippen molar-refractivity contribution in [3.8, 4) is 0 Å². The number of nitrogens with two attached hydrogens (primary N) is 2. The Morgan fingerprint density at radius 3 is 2.00 bits per heavy atom. The van der Waals surface area contributed by atoms with Gasteiger partial charge in [0.05, 0.1) is 24.4 Å². The van der Waals surface area contributed by atoms with Gasteiger partial charge in [-0.15, -0.1) is 0 Å². The molecule has 10 heteroatoms. The highest BCUT2D eigenvalue weighted by molar-refractivity contribution is 6.01. The summed E-state index contributed by atoms with van der Waals surface area (Å²) in [6.45, 7) is 0. The Kier molecular flexibility index (Phi) is 4.98. The molecule has 1 aliphatic rings. The van der Waals surface area contributed by atoms with Crippen molar-refractivity contribution < 1.29 is 38.5 Å². The van der Waals surface area contributed by atoms with Crippen molar-refractivity contribution >= 4 is 17.5 Å². The maximum Gasteiger partial charge on any atom is 0.258 e. The fourth-order valence-corrected chi connectivity index (χ4v) is 3.69. The maximum absolute atomic E-state index is 12.8. The lowest BCUT2D eigenvalue weighted by Gasteiger charge is -2.41. The topological polar surface area (TPSA) is 190 Å². The molecule has 1 fully saturated rings. The SMILES string of the molecule is NC(=O)C(O)(c1ccco1)C1CC(=O)C(C(O)(c2ccco2)C(N)O)CC1=O. The summed E-state index contributed by atoms with van der Waals surface area (Å²) < 4.78 is 10.1. The van der Waals surface area contributed by atoms with Gasteiger partial charge < -0.3 is 35.6 Å². The van der Waals surface area contributed by atoms with Crippen LogP contribution in [0.5, 0.6) is 0 Å². The van der Waals surface area contributed by atoms with Crippen LogP contribution < -0.4 is 11.5 Å². The third-order valence-electron chi connectivity index (χ3n) is 5.26. The zero-order chi connectivity index (χ0) is 20.7. The van der Waals surface area contributed by atoms with Crippen molar-refractivity contribution in [2.45, 2.75) is 30.3 Å². The van der Waals surface area contributed by atoms with Crippen molar-refractivity contribution in [1.82, 2.24) is 0 Å². The first-order valence-electron chi connectivity index (χ1n) is 8.45. The highest BCUT2D eigenvalue weighted by Gasteiger charge is 2.58. The second kappa shape index (κ2) is 6.99. The number of primary amides is 1. The molecule has 1 amide bonds. The number of amides is 1. The first-order chi connectivity index (χ1) is 13.1. The van der Waals surface area contributed by atoms with Crippen molar-refractivity contribution in [3.05, 3.63) is 48.3 Å². The lowest BCUT2D eigenvalue weighted by Crippen LogP contribution is -2.59. The van der Waals surface area contributed by atoms with Gasteiger partial charge in [0.25, 0.3) is 5.91 Å². The average molecular weight is 392 g/mol. The fraction of sp³-hybridized carbons (Fsp3) is 0.389. The molecule has 7 N–H and O–H groups in total. The van der Waals surface area contributed by atoms with Crippen LogP contribution >= 0.6 is 0 Å². The highest BCUT2D eigenvalue weighted by Crippen LogP contribution is 2.44. The number of aliphatic hydroxyl groups is 3. The number of ketones is 2. The normalized spacial score (nSPS) is 25.7. The molecule has 0 spiro atoms. The standard InChI is InChI=1S/C18H20N2O8/c19-15(23)17(25,13-3-1-5-27-13)9-7-12(22)10(8-11(9)21)18(26,16(20)24)14-4-2-6-28-14/h1-6,9-10,15,23,25-26H,7-8,19H2,(H2,20,24). The Morgan fingerprint density at radius 2 is 1.54 bits per heavy atom. The van der Waals surface area contributed by atoms with Gasteiger partial charge in [-0.05, 0) is 24.3 Å². The molecular formula is C18H20N2O8. The molecule has 1 saturated carbocycles. The molecule has 0 aromatic carbocycles. The molecule has 0 aliphatic heterocycles. The molecular weight excluding hydrogens is 372 g/mol. The molecule has 0 radical (unpaired) electrons. The van der Waals surface area contributed by atoms with Gasteiger partial charge in [0.1, 0.15) is 29.3 Å². The zero-order valence-corrected chi connectivity index (χ0v) is 14.6. The number of furan rings is 2. The molecule has 5 unspecified atom stereocenters. The minimum Gasteiger partial charge on any atom is -0.466 e. The molecule has 5 atom stereocenters. The third-order valence-corrected chi connectivity index (χ3v) is 5.26. The van der Waals surface area contributed by atoms with Crippen molar-refractivity contribution in [3.63, 3.8) is 0 Å². The van der Waals surface area contributed by atoms with Crippen molar-refractivity contribution in [1.29, 1.82) is 0 Å². The van der Waals surface area contributed by atoms with Gasteiger partial charge in [-0.1, -0.05) is 0 Å². The van der Waals surface area contributed by atoms with Gasteiger partial charge in [-0.2, -0.15) is 0 Å². The van der Waals surface area contributed by atoms with E-state index >= 15 is 0 Å². The van der Waals surface area contributed by atoms with E-state index in [1.807, 2.05) is 0 Å². The second-order valence-electron chi connectivity index (χ2n) is 6.80. The van der Waals surface area contributed by atoms with Crippen LogP contribution in [-0.4, -0.2) is 39.0 Å². The Labute approximate surface area is 158 Å². The quantitative estimate of drug-likeness (QED) is 0.379. The van der Waals surface area contributed by atoms with E-state index in [1.165, 1.54) is 36.8 Å². The van der Waals surface area contributed by atoms with Gasteiger partial charge >= 0.3 is 0 Å². The van der Waals surface area contributed by atoms with Crippen molar-refractivity contribution in [2.75, 3.05) is 0 Å². The van der Waals surface area contributed by atoms with E-state index < -0.39 is 59.6 Å². The number of Topliss-reactive ketones (excluding diaryl/α,β-unsaturated/α-hetero) is 2. The molecule has 10 nitrogen and oxygen atoms in total. The lowest BCUT2D eigenvalue weighted by atomic mass is 9.65. The molecule has 150 valence electrons. The summed E-state index contributed by atoms with van der Waals surface area (Å²) in [6, 6.07) is 5.38. The molecule has 2 aromatic rings. The minimum atomic E-state index is -2.54. The molecule has 1 aliphatic carbocycles. The Morgan fingerprint density at radius 1 is 1.04 bits per heavy atom. The molecule has 3 rings (SSSR count). The first kappa shape index (κ1) is 20.0. The van der Waals surface area contributed by atoms with Crippen LogP contribution in [0.1, 0.15) is 24.4 Å². The van der Waals surface area contributed by atoms with Crippen LogP contribution in [0.4, 0.5) is 0 Å². The van der Waals surface area contributed by atoms with Gasteiger partial charge in [0, 0.05) is 12.8 Å². The summed E-state index contributed by atoms with van der Waals surface area (Å²) in [5.41, 5.74) is 5.90. The Bertz CT molecular complexity index is 876. The van der Waals surface area contributed by atoms with E-state index in [9.17, 15) is 29.7 Å². The molecule has 0 saturated heterocycles. The number of hydrogen-bond donors (Lipinski definition) is 5. The highest BCUT2D eigenvalue weighted by atomic mass is 16.4. The number of aliphatic hydroxyl groups excluding tert-OH is 1. The molecule has 2 heterocycles. The first-order valence-corrected chi connectivity index (χ1v) is 8.45. The number of carbonyl (C=O) groups excluding carboxylic acids is 3. The van der Waals surface area contributed by atoms with Gasteiger partial charge in [0.2, 0.25) is 5.60 Å². The molecule has 2 aromatic heterocycles. The van der Waals surface area contributed by atoms with Crippen LogP contribution in [0.15, 0.2) is 45.6 Å². The van der Waals surface area contributed by atoms with Crippen LogP contribution in [-0.2, 0) is 25.6 Å². The van der Waals surface area contributed by atoms with Crippen LogP contribution in [0, 0.1) is 11.8 Å². The zero-order valence-electron chi connectivity index (χ0n) is 14.6. The summed E-state index contributed by atoms with van der Waals surface area (Å²) in [4.78, 5) is 37.6. The third kappa shape index (κ3) is 2.87. The van der Waals surface area contributed by atoms with Crippen molar-refractivity contribution in [2.24, 2.45) is 23.3 Å². The summed E-state index contributed by atoms with van der Waals surface area (Å²) in [5.74, 6) is -6.13. The number of carbonyl (C=O) groups is 3. The molecule has 0 bridgehead atoms. The predicted octanol–water partition coefficient (Wildman–Crippen LogP) is -1.13. The van der Waals surface area contributed by atoms with Gasteiger partial charge in [-0.25, -0.2) is 0 Å². The summed E-state index contributed by atoms with van der Waals surface area (Å²) in [7, 11) is 0. The minimum absolute atomic E-state index is 0.191. The average Bonchev–Trinajstić information content (AvgIpc) is 3.35. The Balaban J connectivity index is 1.98. The molecule has 28 heavy (non-hydrogen) atoms. The van der Waals surface area contributed by atoms with E-state index in [4.69, 9.17) is 20.3 Å².